The molecule has 1 atom stereocenters. The van der Waals surface area contributed by atoms with E-state index in [1.165, 1.54) is 4.90 Å². The summed E-state index contributed by atoms with van der Waals surface area (Å²) < 4.78 is 0. The summed E-state index contributed by atoms with van der Waals surface area (Å²) in [5.74, 6) is -1.10. The number of urea groups is 1. The topological polar surface area (TPSA) is 90.0 Å². The van der Waals surface area contributed by atoms with Crippen LogP contribution in [0.25, 0.3) is 0 Å². The van der Waals surface area contributed by atoms with Crippen LogP contribution in [0.4, 0.5) is 4.79 Å². The van der Waals surface area contributed by atoms with Crippen LogP contribution in [0, 0.1) is 0 Å². The Morgan fingerprint density at radius 2 is 1.76 bits per heavy atom. The van der Waals surface area contributed by atoms with Crippen molar-refractivity contribution in [1.29, 1.82) is 0 Å². The van der Waals surface area contributed by atoms with Crippen LogP contribution < -0.4 is 5.32 Å². The van der Waals surface area contributed by atoms with Gasteiger partial charge in [0.1, 0.15) is 5.54 Å². The third-order valence-electron chi connectivity index (χ3n) is 4.45. The molecule has 1 unspecified atom stereocenters. The van der Waals surface area contributed by atoms with Crippen LogP contribution in [0.5, 0.6) is 0 Å². The van der Waals surface area contributed by atoms with Crippen LogP contribution in [-0.2, 0) is 9.59 Å². The Bertz CT molecular complexity index is 434. The summed E-state index contributed by atoms with van der Waals surface area (Å²) in [4.78, 5) is 38.5. The Hall–Kier alpha value is -1.79. The van der Waals surface area contributed by atoms with E-state index in [1.807, 2.05) is 0 Å². The Morgan fingerprint density at radius 1 is 1.10 bits per heavy atom. The van der Waals surface area contributed by atoms with E-state index in [2.05, 4.69) is 5.32 Å². The lowest BCUT2D eigenvalue weighted by molar-refractivity contribution is -0.147. The lowest BCUT2D eigenvalue weighted by Crippen LogP contribution is -2.55. The molecule has 2 heterocycles. The molecule has 2 aliphatic rings. The highest BCUT2D eigenvalue weighted by Crippen LogP contribution is 2.29. The van der Waals surface area contributed by atoms with Crippen molar-refractivity contribution < 1.29 is 19.5 Å². The van der Waals surface area contributed by atoms with Crippen molar-refractivity contribution >= 4 is 17.9 Å². The molecular formula is C14H23N3O4. The van der Waals surface area contributed by atoms with Crippen molar-refractivity contribution in [3.05, 3.63) is 0 Å². The number of rotatable bonds is 3. The summed E-state index contributed by atoms with van der Waals surface area (Å²) in [6.45, 7) is 3.38. The summed E-state index contributed by atoms with van der Waals surface area (Å²) >= 11 is 0. The van der Waals surface area contributed by atoms with Gasteiger partial charge in [0, 0.05) is 19.6 Å². The third-order valence-corrected chi connectivity index (χ3v) is 4.45. The number of carbonyl (C=O) groups is 3. The molecule has 0 radical (unpaired) electrons. The predicted molar refractivity (Wildman–Crippen MR) is 75.8 cm³/mol. The van der Waals surface area contributed by atoms with E-state index in [1.54, 1.807) is 11.8 Å². The molecule has 2 fully saturated rings. The third kappa shape index (κ3) is 3.28. The monoisotopic (exact) mass is 297 g/mol. The van der Waals surface area contributed by atoms with Crippen molar-refractivity contribution in [3.63, 3.8) is 0 Å². The number of piperidine rings is 1. The van der Waals surface area contributed by atoms with Gasteiger partial charge in [-0.05, 0) is 39.0 Å². The summed E-state index contributed by atoms with van der Waals surface area (Å²) in [5.41, 5.74) is -1.17. The van der Waals surface area contributed by atoms with Gasteiger partial charge in [-0.1, -0.05) is 0 Å². The number of aliphatic carboxylic acids is 1. The Balaban J connectivity index is 1.86. The van der Waals surface area contributed by atoms with E-state index in [0.29, 0.717) is 19.4 Å². The van der Waals surface area contributed by atoms with Gasteiger partial charge in [-0.2, -0.15) is 0 Å². The van der Waals surface area contributed by atoms with Gasteiger partial charge in [0.2, 0.25) is 5.91 Å². The summed E-state index contributed by atoms with van der Waals surface area (Å²) in [7, 11) is 0. The number of hydrogen-bond donors (Lipinski definition) is 2. The Labute approximate surface area is 124 Å². The second kappa shape index (κ2) is 6.32. The number of amides is 3. The Morgan fingerprint density at radius 3 is 2.38 bits per heavy atom. The highest BCUT2D eigenvalue weighted by atomic mass is 16.4. The molecule has 2 N–H and O–H groups in total. The van der Waals surface area contributed by atoms with Gasteiger partial charge < -0.3 is 20.2 Å². The number of carbonyl (C=O) groups excluding carboxylic acids is 2. The van der Waals surface area contributed by atoms with Crippen molar-refractivity contribution in [2.75, 3.05) is 26.2 Å². The highest BCUT2D eigenvalue weighted by molar-refractivity contribution is 5.89. The zero-order valence-corrected chi connectivity index (χ0v) is 12.4. The molecule has 2 rings (SSSR count). The molecule has 118 valence electrons. The van der Waals surface area contributed by atoms with Gasteiger partial charge in [0.15, 0.2) is 0 Å². The fourth-order valence-corrected chi connectivity index (χ4v) is 3.01. The first-order chi connectivity index (χ1) is 9.95. The number of carboxylic acid groups (broad SMARTS) is 1. The quantitative estimate of drug-likeness (QED) is 0.800. The van der Waals surface area contributed by atoms with Gasteiger partial charge in [0.05, 0.1) is 6.54 Å². The lowest BCUT2D eigenvalue weighted by atomic mass is 10.00. The van der Waals surface area contributed by atoms with E-state index in [4.69, 9.17) is 0 Å². The molecular weight excluding hydrogens is 274 g/mol. The van der Waals surface area contributed by atoms with Crippen molar-refractivity contribution in [3.8, 4) is 0 Å². The molecule has 2 aliphatic heterocycles. The SMILES string of the molecule is CC1(C(=O)O)CCCN1C(=O)NCC(=O)N1CCCCC1. The molecule has 0 spiro atoms. The predicted octanol–water partition coefficient (Wildman–Crippen LogP) is 0.648. The average molecular weight is 297 g/mol. The van der Waals surface area contributed by atoms with Gasteiger partial charge in [-0.25, -0.2) is 9.59 Å². The van der Waals surface area contributed by atoms with Crippen LogP contribution in [0.3, 0.4) is 0 Å². The summed E-state index contributed by atoms with van der Waals surface area (Å²) in [6.07, 6.45) is 4.25. The molecule has 3 amide bonds. The molecule has 2 saturated heterocycles. The minimum atomic E-state index is -1.17. The van der Waals surface area contributed by atoms with Crippen molar-refractivity contribution in [2.45, 2.75) is 44.6 Å². The van der Waals surface area contributed by atoms with Gasteiger partial charge in [0.25, 0.3) is 0 Å². The normalized spacial score (nSPS) is 25.8. The minimum Gasteiger partial charge on any atom is -0.480 e. The van der Waals surface area contributed by atoms with Gasteiger partial charge in [-0.15, -0.1) is 0 Å². The van der Waals surface area contributed by atoms with Crippen molar-refractivity contribution in [1.82, 2.24) is 15.1 Å². The molecule has 7 heteroatoms. The summed E-state index contributed by atoms with van der Waals surface area (Å²) in [6, 6.07) is -0.470. The average Bonchev–Trinajstić information content (AvgIpc) is 2.89. The van der Waals surface area contributed by atoms with Crippen LogP contribution in [0.2, 0.25) is 0 Å². The van der Waals surface area contributed by atoms with Crippen molar-refractivity contribution in [2.24, 2.45) is 0 Å². The standard InChI is InChI=1S/C14H23N3O4/c1-14(12(19)20)6-5-9-17(14)13(21)15-10-11(18)16-7-3-2-4-8-16/h2-10H2,1H3,(H,15,21)(H,19,20). The van der Waals surface area contributed by atoms with Crippen LogP contribution in [0.1, 0.15) is 39.0 Å². The maximum absolute atomic E-state index is 12.1. The van der Waals surface area contributed by atoms with Gasteiger partial charge in [-0.3, -0.25) is 4.79 Å². The first-order valence-electron chi connectivity index (χ1n) is 7.52. The fourth-order valence-electron chi connectivity index (χ4n) is 3.01. The highest BCUT2D eigenvalue weighted by Gasteiger charge is 2.46. The first-order valence-corrected chi connectivity index (χ1v) is 7.52. The van der Waals surface area contributed by atoms with Gasteiger partial charge >= 0.3 is 12.0 Å². The number of likely N-dealkylation sites (tertiary alicyclic amines) is 2. The molecule has 0 aliphatic carbocycles. The number of carboxylic acids is 1. The second-order valence-electron chi connectivity index (χ2n) is 5.93. The zero-order chi connectivity index (χ0) is 15.5. The molecule has 0 aromatic heterocycles. The molecule has 0 saturated carbocycles. The maximum Gasteiger partial charge on any atom is 0.329 e. The number of nitrogens with zero attached hydrogens (tertiary/aromatic N) is 2. The van der Waals surface area contributed by atoms with Crippen LogP contribution in [-0.4, -0.2) is 64.5 Å². The summed E-state index contributed by atoms with van der Waals surface area (Å²) in [5, 5.41) is 11.8. The van der Waals surface area contributed by atoms with E-state index >= 15 is 0 Å². The first kappa shape index (κ1) is 15.6. The number of hydrogen-bond acceptors (Lipinski definition) is 3. The largest absolute Gasteiger partial charge is 0.480 e. The minimum absolute atomic E-state index is 0.0645. The lowest BCUT2D eigenvalue weighted by Gasteiger charge is -2.32. The molecule has 0 aromatic rings. The van der Waals surface area contributed by atoms with Crippen LogP contribution in [0.15, 0.2) is 0 Å². The molecule has 7 nitrogen and oxygen atoms in total. The van der Waals surface area contributed by atoms with E-state index in [-0.39, 0.29) is 12.5 Å². The molecule has 21 heavy (non-hydrogen) atoms. The second-order valence-corrected chi connectivity index (χ2v) is 5.93. The van der Waals surface area contributed by atoms with E-state index in [9.17, 15) is 19.5 Å². The maximum atomic E-state index is 12.1. The van der Waals surface area contributed by atoms with E-state index in [0.717, 1.165) is 32.4 Å². The Kier molecular flexibility index (Phi) is 4.69. The number of nitrogens with one attached hydrogen (secondary N) is 1. The van der Waals surface area contributed by atoms with Crippen LogP contribution >= 0.6 is 0 Å². The fraction of sp³-hybridized carbons (Fsp3) is 0.786. The molecule has 0 aromatic carbocycles. The van der Waals surface area contributed by atoms with E-state index < -0.39 is 17.5 Å². The molecule has 0 bridgehead atoms. The smallest absolute Gasteiger partial charge is 0.329 e. The zero-order valence-electron chi connectivity index (χ0n) is 12.4.